The molecule has 0 radical (unpaired) electrons. The minimum Gasteiger partial charge on any atom is -0.367 e. The second-order valence-corrected chi connectivity index (χ2v) is 10.6. The van der Waals surface area contributed by atoms with Crippen molar-refractivity contribution in [2.24, 2.45) is 0 Å². The third-order valence-electron chi connectivity index (χ3n) is 6.43. The lowest BCUT2D eigenvalue weighted by Crippen LogP contribution is -2.27. The van der Waals surface area contributed by atoms with E-state index in [1.165, 1.54) is 27.4 Å². The molecule has 7 heteroatoms. The lowest BCUT2D eigenvalue weighted by Gasteiger charge is -2.19. The smallest absolute Gasteiger partial charge is 0.251 e. The first kappa shape index (κ1) is 21.5. The Morgan fingerprint density at radius 2 is 1.61 bits per heavy atom. The molecule has 0 fully saturated rings. The molecule has 5 rings (SSSR count). The molecular formula is C26H27N3O3S. The lowest BCUT2D eigenvalue weighted by atomic mass is 10.1. The summed E-state index contributed by atoms with van der Waals surface area (Å²) in [4.78, 5) is 15.1. The van der Waals surface area contributed by atoms with E-state index in [-0.39, 0.29) is 5.91 Å². The Hall–Kier alpha value is -3.32. The van der Waals surface area contributed by atoms with Crippen LogP contribution in [0.25, 0.3) is 0 Å². The number of benzene rings is 3. The van der Waals surface area contributed by atoms with E-state index in [1.54, 1.807) is 18.2 Å². The SMILES string of the molecule is CS(=O)(=O)N1CCc2cc(C(=O)NCc3ccc(CN4CCc5ccccc54)cc3)ccc21. The highest BCUT2D eigenvalue weighted by Crippen LogP contribution is 2.31. The Labute approximate surface area is 194 Å². The Morgan fingerprint density at radius 3 is 2.39 bits per heavy atom. The third-order valence-corrected chi connectivity index (χ3v) is 7.61. The van der Waals surface area contributed by atoms with Crippen molar-refractivity contribution < 1.29 is 13.2 Å². The van der Waals surface area contributed by atoms with Gasteiger partial charge in [0.2, 0.25) is 10.0 Å². The fourth-order valence-electron chi connectivity index (χ4n) is 4.70. The number of sulfonamides is 1. The van der Waals surface area contributed by atoms with Crippen molar-refractivity contribution in [3.05, 3.63) is 94.5 Å². The number of hydrogen-bond donors (Lipinski definition) is 1. The van der Waals surface area contributed by atoms with Gasteiger partial charge < -0.3 is 10.2 Å². The number of para-hydroxylation sites is 1. The molecule has 33 heavy (non-hydrogen) atoms. The first-order valence-corrected chi connectivity index (χ1v) is 13.0. The third kappa shape index (κ3) is 4.46. The lowest BCUT2D eigenvalue weighted by molar-refractivity contribution is 0.0951. The van der Waals surface area contributed by atoms with Crippen molar-refractivity contribution in [2.45, 2.75) is 25.9 Å². The van der Waals surface area contributed by atoms with Crippen LogP contribution in [0, 0.1) is 0 Å². The molecule has 1 N–H and O–H groups in total. The summed E-state index contributed by atoms with van der Waals surface area (Å²) in [7, 11) is -3.29. The molecule has 0 bridgehead atoms. The molecule has 2 aliphatic rings. The molecule has 0 aromatic heterocycles. The molecule has 0 unspecified atom stereocenters. The topological polar surface area (TPSA) is 69.7 Å². The molecule has 0 spiro atoms. The summed E-state index contributed by atoms with van der Waals surface area (Å²) in [5, 5.41) is 2.97. The number of nitrogens with zero attached hydrogens (tertiary/aromatic N) is 2. The number of nitrogens with one attached hydrogen (secondary N) is 1. The van der Waals surface area contributed by atoms with Crippen LogP contribution in [-0.2, 0) is 36.0 Å². The Morgan fingerprint density at radius 1 is 0.879 bits per heavy atom. The van der Waals surface area contributed by atoms with Crippen molar-refractivity contribution in [3.8, 4) is 0 Å². The summed E-state index contributed by atoms with van der Waals surface area (Å²) in [6.07, 6.45) is 2.92. The largest absolute Gasteiger partial charge is 0.367 e. The molecule has 0 aliphatic carbocycles. The minimum absolute atomic E-state index is 0.159. The van der Waals surface area contributed by atoms with Crippen LogP contribution < -0.4 is 14.5 Å². The van der Waals surface area contributed by atoms with Crippen molar-refractivity contribution in [2.75, 3.05) is 28.6 Å². The molecule has 6 nitrogen and oxygen atoms in total. The van der Waals surface area contributed by atoms with Gasteiger partial charge in [-0.05, 0) is 59.4 Å². The summed E-state index contributed by atoms with van der Waals surface area (Å²) in [6, 6.07) is 22.1. The van der Waals surface area contributed by atoms with Gasteiger partial charge in [0, 0.05) is 37.4 Å². The van der Waals surface area contributed by atoms with Gasteiger partial charge in [0.25, 0.3) is 5.91 Å². The zero-order chi connectivity index (χ0) is 23.0. The van der Waals surface area contributed by atoms with Crippen LogP contribution in [-0.4, -0.2) is 33.7 Å². The molecule has 0 saturated heterocycles. The summed E-state index contributed by atoms with van der Waals surface area (Å²) in [5.74, 6) is -0.159. The molecule has 2 heterocycles. The van der Waals surface area contributed by atoms with Crippen LogP contribution in [0.2, 0.25) is 0 Å². The van der Waals surface area contributed by atoms with Crippen LogP contribution in [0.3, 0.4) is 0 Å². The van der Waals surface area contributed by atoms with E-state index < -0.39 is 10.0 Å². The number of hydrogen-bond acceptors (Lipinski definition) is 4. The minimum atomic E-state index is -3.29. The van der Waals surface area contributed by atoms with E-state index in [0.717, 1.165) is 30.6 Å². The van der Waals surface area contributed by atoms with E-state index in [0.29, 0.717) is 30.8 Å². The van der Waals surface area contributed by atoms with Gasteiger partial charge in [0.05, 0.1) is 11.9 Å². The maximum atomic E-state index is 12.7. The van der Waals surface area contributed by atoms with Gasteiger partial charge in [0.15, 0.2) is 0 Å². The number of anilines is 2. The van der Waals surface area contributed by atoms with E-state index in [9.17, 15) is 13.2 Å². The standard InChI is InChI=1S/C26H27N3O3S/c1-33(31,32)29-15-13-22-16-23(10-11-25(22)29)26(30)27-17-19-6-8-20(9-7-19)18-28-14-12-21-4-2-3-5-24(21)28/h2-11,16H,12-15,17-18H2,1H3,(H,27,30). The highest BCUT2D eigenvalue weighted by atomic mass is 32.2. The average molecular weight is 462 g/mol. The normalized spacial score (nSPS) is 14.8. The van der Waals surface area contributed by atoms with Crippen LogP contribution in [0.15, 0.2) is 66.7 Å². The van der Waals surface area contributed by atoms with Crippen molar-refractivity contribution in [1.29, 1.82) is 0 Å². The van der Waals surface area contributed by atoms with E-state index >= 15 is 0 Å². The summed E-state index contributed by atoms with van der Waals surface area (Å²) in [6.45, 7) is 2.79. The fourth-order valence-corrected chi connectivity index (χ4v) is 5.65. The number of carbonyl (C=O) groups is 1. The van der Waals surface area contributed by atoms with E-state index in [1.807, 2.05) is 0 Å². The monoisotopic (exact) mass is 461 g/mol. The van der Waals surface area contributed by atoms with E-state index in [2.05, 4.69) is 58.7 Å². The highest BCUT2D eigenvalue weighted by Gasteiger charge is 2.26. The van der Waals surface area contributed by atoms with Gasteiger partial charge in [-0.25, -0.2) is 8.42 Å². The van der Waals surface area contributed by atoms with Gasteiger partial charge >= 0.3 is 0 Å². The Balaban J connectivity index is 1.19. The highest BCUT2D eigenvalue weighted by molar-refractivity contribution is 7.92. The fraction of sp³-hybridized carbons (Fsp3) is 0.269. The first-order valence-electron chi connectivity index (χ1n) is 11.2. The predicted molar refractivity (Wildman–Crippen MR) is 131 cm³/mol. The number of amides is 1. The van der Waals surface area contributed by atoms with Gasteiger partial charge in [-0.1, -0.05) is 42.5 Å². The molecule has 2 aliphatic heterocycles. The number of carbonyl (C=O) groups excluding carboxylic acids is 1. The predicted octanol–water partition coefficient (Wildman–Crippen LogP) is 3.50. The van der Waals surface area contributed by atoms with Gasteiger partial charge in [-0.3, -0.25) is 9.10 Å². The van der Waals surface area contributed by atoms with Gasteiger partial charge in [-0.2, -0.15) is 0 Å². The second kappa shape index (κ2) is 8.56. The first-order chi connectivity index (χ1) is 15.9. The molecule has 3 aromatic carbocycles. The molecular weight excluding hydrogens is 434 g/mol. The Bertz CT molecular complexity index is 1300. The molecule has 170 valence electrons. The zero-order valence-corrected chi connectivity index (χ0v) is 19.4. The van der Waals surface area contributed by atoms with Crippen LogP contribution >= 0.6 is 0 Å². The number of fused-ring (bicyclic) bond motifs is 2. The molecule has 0 atom stereocenters. The molecule has 3 aromatic rings. The molecule has 1 amide bonds. The van der Waals surface area contributed by atoms with Crippen LogP contribution in [0.5, 0.6) is 0 Å². The van der Waals surface area contributed by atoms with E-state index in [4.69, 9.17) is 0 Å². The summed E-state index contributed by atoms with van der Waals surface area (Å²) >= 11 is 0. The van der Waals surface area contributed by atoms with Crippen molar-refractivity contribution in [1.82, 2.24) is 5.32 Å². The zero-order valence-electron chi connectivity index (χ0n) is 18.6. The van der Waals surface area contributed by atoms with Crippen molar-refractivity contribution in [3.63, 3.8) is 0 Å². The summed E-state index contributed by atoms with van der Waals surface area (Å²) in [5.41, 5.74) is 7.13. The second-order valence-electron chi connectivity index (χ2n) is 8.73. The summed E-state index contributed by atoms with van der Waals surface area (Å²) < 4.78 is 25.2. The number of rotatable bonds is 6. The van der Waals surface area contributed by atoms with Crippen molar-refractivity contribution >= 4 is 27.3 Å². The Kier molecular flexibility index (Phi) is 5.58. The van der Waals surface area contributed by atoms with Crippen LogP contribution in [0.4, 0.5) is 11.4 Å². The van der Waals surface area contributed by atoms with Gasteiger partial charge in [0.1, 0.15) is 0 Å². The molecule has 0 saturated carbocycles. The average Bonchev–Trinajstić information content (AvgIpc) is 3.42. The van der Waals surface area contributed by atoms with Crippen LogP contribution in [0.1, 0.15) is 32.6 Å². The quantitative estimate of drug-likeness (QED) is 0.610. The van der Waals surface area contributed by atoms with Gasteiger partial charge in [-0.15, -0.1) is 0 Å². The maximum Gasteiger partial charge on any atom is 0.251 e. The maximum absolute atomic E-state index is 12.7.